The molecule has 2 nitrogen and oxygen atoms in total. The molecule has 1 unspecified atom stereocenters. The molecule has 0 aliphatic rings. The Morgan fingerprint density at radius 2 is 2.00 bits per heavy atom. The SMILES string of the molecule is Cc1csc(C(NC(C)C)c2sccc2C)n1. The van der Waals surface area contributed by atoms with Gasteiger partial charge in [-0.25, -0.2) is 4.98 Å². The number of nitrogens with zero attached hydrogens (tertiary/aromatic N) is 1. The highest BCUT2D eigenvalue weighted by Crippen LogP contribution is 2.31. The quantitative estimate of drug-likeness (QED) is 0.907. The van der Waals surface area contributed by atoms with E-state index >= 15 is 0 Å². The maximum absolute atomic E-state index is 4.62. The Morgan fingerprint density at radius 3 is 2.47 bits per heavy atom. The molecule has 0 aromatic carbocycles. The molecule has 0 bridgehead atoms. The Balaban J connectivity index is 2.35. The Labute approximate surface area is 111 Å². The first kappa shape index (κ1) is 12.7. The second kappa shape index (κ2) is 5.29. The van der Waals surface area contributed by atoms with Gasteiger partial charge in [0.25, 0.3) is 0 Å². The van der Waals surface area contributed by atoms with E-state index in [0.29, 0.717) is 6.04 Å². The molecule has 1 atom stereocenters. The van der Waals surface area contributed by atoms with Crippen LogP contribution in [0.2, 0.25) is 0 Å². The van der Waals surface area contributed by atoms with Crippen LogP contribution < -0.4 is 5.32 Å². The largest absolute Gasteiger partial charge is 0.301 e. The average molecular weight is 266 g/mol. The molecule has 1 N–H and O–H groups in total. The number of hydrogen-bond donors (Lipinski definition) is 1. The van der Waals surface area contributed by atoms with Crippen LogP contribution in [0.15, 0.2) is 16.8 Å². The lowest BCUT2D eigenvalue weighted by Crippen LogP contribution is -2.28. The summed E-state index contributed by atoms with van der Waals surface area (Å²) in [5.41, 5.74) is 2.45. The first-order valence-electron chi connectivity index (χ1n) is 5.80. The molecule has 0 spiro atoms. The fraction of sp³-hybridized carbons (Fsp3) is 0.462. The van der Waals surface area contributed by atoms with Crippen molar-refractivity contribution in [1.29, 1.82) is 0 Å². The minimum absolute atomic E-state index is 0.244. The number of aromatic nitrogens is 1. The van der Waals surface area contributed by atoms with E-state index in [1.165, 1.54) is 15.4 Å². The molecule has 0 fully saturated rings. The summed E-state index contributed by atoms with van der Waals surface area (Å²) < 4.78 is 0. The molecule has 92 valence electrons. The van der Waals surface area contributed by atoms with Crippen molar-refractivity contribution in [2.75, 3.05) is 0 Å². The maximum Gasteiger partial charge on any atom is 0.115 e. The molecule has 2 aromatic rings. The number of thiazole rings is 1. The zero-order valence-corrected chi connectivity index (χ0v) is 12.3. The highest BCUT2D eigenvalue weighted by molar-refractivity contribution is 7.11. The number of hydrogen-bond acceptors (Lipinski definition) is 4. The highest BCUT2D eigenvalue weighted by atomic mass is 32.1. The smallest absolute Gasteiger partial charge is 0.115 e. The molecule has 2 aromatic heterocycles. The molecule has 2 heterocycles. The van der Waals surface area contributed by atoms with Crippen LogP contribution in [-0.4, -0.2) is 11.0 Å². The Bertz CT molecular complexity index is 485. The zero-order chi connectivity index (χ0) is 12.4. The van der Waals surface area contributed by atoms with Gasteiger partial charge >= 0.3 is 0 Å². The van der Waals surface area contributed by atoms with Crippen molar-refractivity contribution in [3.05, 3.63) is 38.0 Å². The molecule has 0 saturated carbocycles. The summed E-state index contributed by atoms with van der Waals surface area (Å²) in [5.74, 6) is 0. The third kappa shape index (κ3) is 2.94. The van der Waals surface area contributed by atoms with Crippen LogP contribution in [0.1, 0.15) is 41.0 Å². The third-order valence-electron chi connectivity index (χ3n) is 2.55. The molecular weight excluding hydrogens is 248 g/mol. The van der Waals surface area contributed by atoms with Crippen molar-refractivity contribution in [2.45, 2.75) is 39.8 Å². The number of nitrogens with one attached hydrogen (secondary N) is 1. The van der Waals surface area contributed by atoms with Crippen LogP contribution >= 0.6 is 22.7 Å². The summed E-state index contributed by atoms with van der Waals surface area (Å²) in [6.45, 7) is 8.57. The van der Waals surface area contributed by atoms with Gasteiger partial charge in [0.05, 0.1) is 6.04 Å². The summed E-state index contributed by atoms with van der Waals surface area (Å²) in [4.78, 5) is 6.01. The van der Waals surface area contributed by atoms with Crippen LogP contribution in [0.5, 0.6) is 0 Å². The fourth-order valence-corrected chi connectivity index (χ4v) is 3.70. The van der Waals surface area contributed by atoms with E-state index in [9.17, 15) is 0 Å². The number of rotatable bonds is 4. The second-order valence-corrected chi connectivity index (χ2v) is 6.39. The van der Waals surface area contributed by atoms with E-state index in [1.807, 2.05) is 18.3 Å². The predicted molar refractivity (Wildman–Crippen MR) is 76.0 cm³/mol. The van der Waals surface area contributed by atoms with Gasteiger partial charge in [-0.15, -0.1) is 22.7 Å². The first-order chi connectivity index (χ1) is 8.08. The maximum atomic E-state index is 4.62. The summed E-state index contributed by atoms with van der Waals surface area (Å²) in [7, 11) is 0. The minimum atomic E-state index is 0.244. The monoisotopic (exact) mass is 266 g/mol. The van der Waals surface area contributed by atoms with Crippen LogP contribution in [0.4, 0.5) is 0 Å². The van der Waals surface area contributed by atoms with Crippen molar-refractivity contribution >= 4 is 22.7 Å². The molecule has 17 heavy (non-hydrogen) atoms. The van der Waals surface area contributed by atoms with Crippen LogP contribution in [0.25, 0.3) is 0 Å². The van der Waals surface area contributed by atoms with Gasteiger partial charge < -0.3 is 5.32 Å². The molecule has 0 radical (unpaired) electrons. The summed E-state index contributed by atoms with van der Waals surface area (Å²) in [6.07, 6.45) is 0. The topological polar surface area (TPSA) is 24.9 Å². The van der Waals surface area contributed by atoms with Gasteiger partial charge in [0.1, 0.15) is 5.01 Å². The third-order valence-corrected chi connectivity index (χ3v) is 4.66. The molecule has 2 rings (SSSR count). The van der Waals surface area contributed by atoms with Gasteiger partial charge in [0.2, 0.25) is 0 Å². The van der Waals surface area contributed by atoms with Crippen molar-refractivity contribution in [3.63, 3.8) is 0 Å². The van der Waals surface area contributed by atoms with Crippen molar-refractivity contribution in [1.82, 2.24) is 10.3 Å². The predicted octanol–water partition coefficient (Wildman–Crippen LogP) is 3.91. The van der Waals surface area contributed by atoms with Crippen LogP contribution in [-0.2, 0) is 0 Å². The van der Waals surface area contributed by atoms with Crippen LogP contribution in [0, 0.1) is 13.8 Å². The molecular formula is C13H18N2S2. The molecule has 0 aliphatic heterocycles. The molecule has 0 amide bonds. The first-order valence-corrected chi connectivity index (χ1v) is 7.56. The fourth-order valence-electron chi connectivity index (χ4n) is 1.78. The van der Waals surface area contributed by atoms with Crippen molar-refractivity contribution in [3.8, 4) is 0 Å². The second-order valence-electron chi connectivity index (χ2n) is 4.55. The standard InChI is InChI=1S/C13H18N2S2/c1-8(2)14-11(12-9(3)5-6-16-12)13-15-10(4)7-17-13/h5-8,11,14H,1-4H3. The Kier molecular flexibility index (Phi) is 3.97. The van der Waals surface area contributed by atoms with E-state index in [4.69, 9.17) is 0 Å². The van der Waals surface area contributed by atoms with Gasteiger partial charge in [0, 0.05) is 22.0 Å². The molecule has 0 saturated heterocycles. The Morgan fingerprint density at radius 1 is 1.24 bits per heavy atom. The van der Waals surface area contributed by atoms with E-state index in [1.54, 1.807) is 11.3 Å². The summed E-state index contributed by atoms with van der Waals surface area (Å²) in [6, 6.07) is 2.87. The number of thiophene rings is 1. The van der Waals surface area contributed by atoms with E-state index in [0.717, 1.165) is 5.69 Å². The van der Waals surface area contributed by atoms with Gasteiger partial charge in [0.15, 0.2) is 0 Å². The van der Waals surface area contributed by atoms with Gasteiger partial charge in [-0.1, -0.05) is 0 Å². The van der Waals surface area contributed by atoms with Gasteiger partial charge in [-0.3, -0.25) is 0 Å². The normalized spacial score (nSPS) is 13.2. The van der Waals surface area contributed by atoms with Gasteiger partial charge in [-0.05, 0) is 44.7 Å². The zero-order valence-electron chi connectivity index (χ0n) is 10.7. The highest BCUT2D eigenvalue weighted by Gasteiger charge is 2.20. The molecule has 4 heteroatoms. The molecule has 0 aliphatic carbocycles. The lowest BCUT2D eigenvalue weighted by Gasteiger charge is -2.19. The van der Waals surface area contributed by atoms with Gasteiger partial charge in [-0.2, -0.15) is 0 Å². The summed E-state index contributed by atoms with van der Waals surface area (Å²) in [5, 5.41) is 9.05. The van der Waals surface area contributed by atoms with Crippen molar-refractivity contribution in [2.24, 2.45) is 0 Å². The lowest BCUT2D eigenvalue weighted by molar-refractivity contribution is 0.530. The van der Waals surface area contributed by atoms with E-state index in [-0.39, 0.29) is 6.04 Å². The minimum Gasteiger partial charge on any atom is -0.301 e. The Hall–Kier alpha value is -0.710. The average Bonchev–Trinajstić information content (AvgIpc) is 2.84. The van der Waals surface area contributed by atoms with Crippen molar-refractivity contribution < 1.29 is 0 Å². The van der Waals surface area contributed by atoms with E-state index in [2.05, 4.69) is 47.9 Å². The van der Waals surface area contributed by atoms with E-state index < -0.39 is 0 Å². The summed E-state index contributed by atoms with van der Waals surface area (Å²) >= 11 is 3.55. The lowest BCUT2D eigenvalue weighted by atomic mass is 10.1. The van der Waals surface area contributed by atoms with Crippen LogP contribution in [0.3, 0.4) is 0 Å². The number of aryl methyl sites for hydroxylation is 2.